The average molecular weight is 791 g/mol. The maximum Gasteiger partial charge on any atom is 0.136 e. The predicted octanol–water partition coefficient (Wildman–Crippen LogP) is 9.49. The van der Waals surface area contributed by atoms with E-state index in [0.29, 0.717) is 28.4 Å². The molecule has 0 spiro atoms. The van der Waals surface area contributed by atoms with Gasteiger partial charge in [-0.15, -0.1) is 48.1 Å². The Hall–Kier alpha value is -5.36. The molecule has 4 heterocycles. The van der Waals surface area contributed by atoms with Crippen LogP contribution in [0.4, 0.5) is 17.1 Å². The summed E-state index contributed by atoms with van der Waals surface area (Å²) >= 11 is 0. The zero-order valence-corrected chi connectivity index (χ0v) is 28.3. The molecule has 0 unspecified atom stereocenters. The number of para-hydroxylation sites is 1. The van der Waals surface area contributed by atoms with Crippen molar-refractivity contribution in [1.82, 2.24) is 9.55 Å². The molecule has 0 aliphatic carbocycles. The Labute approximate surface area is 288 Å². The van der Waals surface area contributed by atoms with Crippen LogP contribution in [0.15, 0.2) is 85.2 Å². The van der Waals surface area contributed by atoms with E-state index in [0.717, 1.165) is 55.7 Å². The molecule has 0 fully saturated rings. The fourth-order valence-corrected chi connectivity index (χ4v) is 6.22. The normalized spacial score (nSPS) is 13.2. The topological polar surface area (TPSA) is 61.7 Å². The predicted molar refractivity (Wildman–Crippen MR) is 181 cm³/mol. The van der Waals surface area contributed by atoms with Crippen molar-refractivity contribution in [2.24, 2.45) is 0 Å². The Morgan fingerprint density at radius 1 is 0.936 bits per heavy atom. The quantitative estimate of drug-likeness (QED) is 0.144. The van der Waals surface area contributed by atoms with Gasteiger partial charge in [-0.1, -0.05) is 44.5 Å². The van der Waals surface area contributed by atoms with E-state index in [2.05, 4.69) is 90.5 Å². The van der Waals surface area contributed by atoms with Gasteiger partial charge < -0.3 is 19.1 Å². The number of aryl methyl sites for hydroxylation is 1. The van der Waals surface area contributed by atoms with Crippen LogP contribution in [0, 0.1) is 43.6 Å². The fraction of sp³-hybridized carbons (Fsp3) is 0.128. The molecule has 6 aromatic rings. The Balaban J connectivity index is 0.00000351. The minimum absolute atomic E-state index is 0. The Morgan fingerprint density at radius 3 is 2.55 bits per heavy atom. The van der Waals surface area contributed by atoms with E-state index in [9.17, 15) is 5.26 Å². The van der Waals surface area contributed by atoms with Crippen molar-refractivity contribution < 1.29 is 25.8 Å². The summed E-state index contributed by atoms with van der Waals surface area (Å²) in [5, 5.41) is 11.6. The summed E-state index contributed by atoms with van der Waals surface area (Å²) in [6.07, 6.45) is 3.96. The van der Waals surface area contributed by atoms with Crippen LogP contribution in [0.3, 0.4) is 0 Å². The number of fused-ring (bicyclic) bond motifs is 15. The van der Waals surface area contributed by atoms with E-state index in [4.69, 9.17) is 16.3 Å². The fourth-order valence-electron chi connectivity index (χ4n) is 6.22. The molecule has 0 saturated heterocycles. The summed E-state index contributed by atoms with van der Waals surface area (Å²) in [4.78, 5) is 13.1. The molecular weight excluding hydrogens is 764 g/mol. The summed E-state index contributed by atoms with van der Waals surface area (Å²) < 4.78 is 8.46. The number of hydrogen-bond acceptors (Lipinski definition) is 5. The molecule has 2 aliphatic heterocycles. The number of hydrogen-bond donors (Lipinski definition) is 0. The number of ether oxygens (including phenoxy) is 1. The molecule has 0 radical (unpaired) electrons. The molecule has 0 amide bonds. The number of benzene rings is 4. The molecule has 4 aromatic carbocycles. The van der Waals surface area contributed by atoms with E-state index < -0.39 is 0 Å². The van der Waals surface area contributed by atoms with Crippen LogP contribution in [0.5, 0.6) is 11.5 Å². The molecule has 0 N–H and O–H groups in total. The monoisotopic (exact) mass is 790 g/mol. The molecule has 0 atom stereocenters. The molecule has 0 saturated carbocycles. The summed E-state index contributed by atoms with van der Waals surface area (Å²) in [5.41, 5.74) is 8.27. The van der Waals surface area contributed by atoms with E-state index in [1.54, 1.807) is 12.1 Å². The van der Waals surface area contributed by atoms with Crippen LogP contribution in [0.2, 0.25) is 0 Å². The van der Waals surface area contributed by atoms with Gasteiger partial charge in [0.15, 0.2) is 0 Å². The zero-order chi connectivity index (χ0) is 31.7. The average Bonchev–Trinajstić information content (AvgIpc) is 3.66. The van der Waals surface area contributed by atoms with Crippen molar-refractivity contribution >= 4 is 38.9 Å². The van der Waals surface area contributed by atoms with Crippen LogP contribution in [-0.2, 0) is 26.5 Å². The summed E-state index contributed by atoms with van der Waals surface area (Å²) in [6, 6.07) is 32.8. The summed E-state index contributed by atoms with van der Waals surface area (Å²) in [5.74, 6) is 1.63. The van der Waals surface area contributed by atoms with Crippen molar-refractivity contribution in [3.05, 3.63) is 132 Å². The third-order valence-corrected chi connectivity index (χ3v) is 8.54. The Kier molecular flexibility index (Phi) is 7.20. The maximum atomic E-state index is 9.74. The first kappa shape index (κ1) is 30.3. The second-order valence-electron chi connectivity index (χ2n) is 12.6. The number of nitrogens with zero attached hydrogens (tertiary/aromatic N) is 6. The van der Waals surface area contributed by atoms with Crippen LogP contribution >= 0.6 is 0 Å². The minimum atomic E-state index is -0.169. The third-order valence-electron chi connectivity index (χ3n) is 8.54. The van der Waals surface area contributed by atoms with Crippen molar-refractivity contribution in [3.8, 4) is 34.6 Å². The number of nitriles is 1. The first-order chi connectivity index (χ1) is 22.2. The van der Waals surface area contributed by atoms with Gasteiger partial charge in [-0.05, 0) is 71.6 Å². The number of anilines is 2. The van der Waals surface area contributed by atoms with Gasteiger partial charge >= 0.3 is 0 Å². The molecule has 8 heteroatoms. The van der Waals surface area contributed by atoms with E-state index in [1.165, 1.54) is 0 Å². The van der Waals surface area contributed by atoms with Gasteiger partial charge in [0, 0.05) is 49.3 Å². The molecule has 2 aliphatic rings. The van der Waals surface area contributed by atoms with Crippen LogP contribution < -0.4 is 14.5 Å². The first-order valence-electron chi connectivity index (χ1n) is 15.0. The SMILES string of the molecule is [C-]#[N+]c1cc2[c-]c(c1)N1C=CN([CH-]1)c1c(C)cccc1-c1cc(C(C)(C)C)cc(n1)-n1c3[c-]c(ccc3c3cc(C#N)ccc31)O2.[Pt]. The largest absolute Gasteiger partial charge is 0.510 e. The van der Waals surface area contributed by atoms with Crippen molar-refractivity contribution in [1.29, 1.82) is 5.26 Å². The smallest absolute Gasteiger partial charge is 0.136 e. The second-order valence-corrected chi connectivity index (χ2v) is 12.6. The number of pyridine rings is 1. The van der Waals surface area contributed by atoms with Gasteiger partial charge in [0.05, 0.1) is 29.6 Å². The van der Waals surface area contributed by atoms with Gasteiger partial charge in [-0.25, -0.2) is 4.98 Å². The molecular formula is C39H27N6OPt-3. The molecule has 8 rings (SSSR count). The molecule has 47 heavy (non-hydrogen) atoms. The zero-order valence-electron chi connectivity index (χ0n) is 26.1. The summed E-state index contributed by atoms with van der Waals surface area (Å²) in [6.45, 7) is 18.5. The molecule has 2 aromatic heterocycles. The van der Waals surface area contributed by atoms with Gasteiger partial charge in [-0.2, -0.15) is 11.3 Å². The number of aromatic nitrogens is 2. The minimum Gasteiger partial charge on any atom is -0.510 e. The standard InChI is InChI=1S/C39H27N6O.Pt/c1-24-7-6-8-32-34-16-26(39(2,3)4)17-37(42-34)45-35-12-9-25(22-40)15-33(35)31-11-10-29(21-36(31)45)46-30-19-27(41-5)18-28(20-30)43-13-14-44(23-43)38(24)32;/h6-19,23H,1-4H3;/q-3;. The molecule has 8 bridgehead atoms. The molecule has 232 valence electrons. The first-order valence-corrected chi connectivity index (χ1v) is 15.0. The second kappa shape index (κ2) is 11.2. The van der Waals surface area contributed by atoms with Gasteiger partial charge in [0.1, 0.15) is 5.82 Å². The Bertz CT molecular complexity index is 2370. The van der Waals surface area contributed by atoms with Crippen LogP contribution in [-0.4, -0.2) is 9.55 Å². The maximum absolute atomic E-state index is 9.74. The summed E-state index contributed by atoms with van der Waals surface area (Å²) in [7, 11) is 0. The van der Waals surface area contributed by atoms with Crippen molar-refractivity contribution in [3.63, 3.8) is 0 Å². The molecule has 7 nitrogen and oxygen atoms in total. The van der Waals surface area contributed by atoms with Crippen LogP contribution in [0.1, 0.15) is 37.5 Å². The van der Waals surface area contributed by atoms with Gasteiger partial charge in [0.25, 0.3) is 0 Å². The van der Waals surface area contributed by atoms with Gasteiger partial charge in [-0.3, -0.25) is 4.85 Å². The van der Waals surface area contributed by atoms with E-state index in [-0.39, 0.29) is 26.5 Å². The Morgan fingerprint density at radius 2 is 1.77 bits per heavy atom. The number of rotatable bonds is 0. The van der Waals surface area contributed by atoms with Crippen LogP contribution in [0.25, 0.3) is 43.7 Å². The van der Waals surface area contributed by atoms with Crippen molar-refractivity contribution in [2.75, 3.05) is 9.80 Å². The van der Waals surface area contributed by atoms with Gasteiger partial charge in [0.2, 0.25) is 0 Å². The van der Waals surface area contributed by atoms with E-state index >= 15 is 0 Å². The third kappa shape index (κ3) is 5.05. The van der Waals surface area contributed by atoms with E-state index in [1.807, 2.05) is 54.3 Å². The van der Waals surface area contributed by atoms with Crippen molar-refractivity contribution in [2.45, 2.75) is 33.1 Å².